The van der Waals surface area contributed by atoms with Crippen molar-refractivity contribution in [1.82, 2.24) is 10.3 Å². The van der Waals surface area contributed by atoms with Gasteiger partial charge in [0.2, 0.25) is 0 Å². The summed E-state index contributed by atoms with van der Waals surface area (Å²) in [6.07, 6.45) is 4.39. The summed E-state index contributed by atoms with van der Waals surface area (Å²) in [6, 6.07) is 0.126. The van der Waals surface area contributed by atoms with Crippen LogP contribution in [0.15, 0.2) is 22.7 Å². The van der Waals surface area contributed by atoms with Gasteiger partial charge in [0.15, 0.2) is 0 Å². The van der Waals surface area contributed by atoms with E-state index in [9.17, 15) is 0 Å². The second kappa shape index (κ2) is 4.57. The van der Waals surface area contributed by atoms with Crippen LogP contribution in [-0.2, 0) is 4.74 Å². The van der Waals surface area contributed by atoms with E-state index in [0.29, 0.717) is 0 Å². The van der Waals surface area contributed by atoms with Crippen molar-refractivity contribution >= 4 is 11.3 Å². The van der Waals surface area contributed by atoms with E-state index >= 15 is 0 Å². The van der Waals surface area contributed by atoms with E-state index in [1.807, 2.05) is 12.6 Å². The molecule has 0 radical (unpaired) electrons. The van der Waals surface area contributed by atoms with Crippen molar-refractivity contribution < 1.29 is 4.74 Å². The lowest BCUT2D eigenvalue weighted by Crippen LogP contribution is -2.22. The normalized spacial score (nSPS) is 18.5. The summed E-state index contributed by atoms with van der Waals surface area (Å²) in [4.78, 5) is 4.30. The number of likely N-dealkylation sites (N-methyl/N-ethyl adjacent to an activating group) is 1. The maximum atomic E-state index is 5.62. The molecular weight excluding hydrogens is 196 g/mol. The van der Waals surface area contributed by atoms with Crippen LogP contribution in [-0.4, -0.2) is 18.6 Å². The van der Waals surface area contributed by atoms with Crippen molar-refractivity contribution in [3.8, 4) is 0 Å². The Morgan fingerprint density at radius 1 is 1.64 bits per heavy atom. The third kappa shape index (κ3) is 1.96. The molecule has 1 aromatic rings. The molecule has 14 heavy (non-hydrogen) atoms. The fraction of sp³-hybridized carbons (Fsp3) is 0.500. The second-order valence-corrected chi connectivity index (χ2v) is 3.95. The molecule has 0 aromatic carbocycles. The lowest BCUT2D eigenvalue weighted by molar-refractivity contribution is 0.169. The summed E-state index contributed by atoms with van der Waals surface area (Å²) in [5, 5.41) is 5.28. The minimum Gasteiger partial charge on any atom is -0.496 e. The fourth-order valence-electron chi connectivity index (χ4n) is 1.58. The van der Waals surface area contributed by atoms with Gasteiger partial charge in [0, 0.05) is 5.38 Å². The molecule has 1 N–H and O–H groups in total. The minimum atomic E-state index is 0.126. The van der Waals surface area contributed by atoms with E-state index < -0.39 is 0 Å². The first kappa shape index (κ1) is 9.68. The van der Waals surface area contributed by atoms with E-state index in [1.54, 1.807) is 11.3 Å². The maximum Gasteiger partial charge on any atom is 0.115 e. The molecule has 0 saturated heterocycles. The van der Waals surface area contributed by atoms with Gasteiger partial charge in [-0.25, -0.2) is 4.98 Å². The van der Waals surface area contributed by atoms with E-state index in [4.69, 9.17) is 4.74 Å². The van der Waals surface area contributed by atoms with Gasteiger partial charge in [-0.15, -0.1) is 11.3 Å². The van der Waals surface area contributed by atoms with Gasteiger partial charge in [-0.1, -0.05) is 0 Å². The molecule has 1 atom stereocenters. The van der Waals surface area contributed by atoms with Gasteiger partial charge in [0.1, 0.15) is 11.8 Å². The van der Waals surface area contributed by atoms with Crippen LogP contribution in [0.3, 0.4) is 0 Å². The van der Waals surface area contributed by atoms with Crippen molar-refractivity contribution in [3.05, 3.63) is 28.4 Å². The molecule has 0 bridgehead atoms. The summed E-state index contributed by atoms with van der Waals surface area (Å²) in [7, 11) is 1.93. The standard InChI is InChI=1S/C10H14N2OS/c1-11-10(8-6-14-7-12-8)9-4-2-3-5-13-9/h4,6-7,10-11H,2-3,5H2,1H3. The molecule has 76 valence electrons. The summed E-state index contributed by atoms with van der Waals surface area (Å²) in [5.74, 6) is 1.02. The van der Waals surface area contributed by atoms with Crippen molar-refractivity contribution in [3.63, 3.8) is 0 Å². The predicted molar refractivity (Wildman–Crippen MR) is 57.2 cm³/mol. The highest BCUT2D eigenvalue weighted by Gasteiger charge is 2.19. The van der Waals surface area contributed by atoms with Crippen LogP contribution in [0.1, 0.15) is 24.6 Å². The Balaban J connectivity index is 2.16. The first-order valence-corrected chi connectivity index (χ1v) is 5.74. The molecule has 0 aliphatic carbocycles. The zero-order valence-electron chi connectivity index (χ0n) is 8.19. The average Bonchev–Trinajstić information content (AvgIpc) is 2.74. The lowest BCUT2D eigenvalue weighted by atomic mass is 10.1. The second-order valence-electron chi connectivity index (χ2n) is 3.23. The number of nitrogens with zero attached hydrogens (tertiary/aromatic N) is 1. The fourth-order valence-corrected chi connectivity index (χ4v) is 2.16. The number of allylic oxidation sites excluding steroid dienone is 1. The lowest BCUT2D eigenvalue weighted by Gasteiger charge is -2.21. The first-order valence-electron chi connectivity index (χ1n) is 4.80. The van der Waals surface area contributed by atoms with E-state index in [1.165, 1.54) is 0 Å². The van der Waals surface area contributed by atoms with E-state index in [2.05, 4.69) is 21.8 Å². The van der Waals surface area contributed by atoms with Crippen LogP contribution in [0.2, 0.25) is 0 Å². The zero-order chi connectivity index (χ0) is 9.80. The van der Waals surface area contributed by atoms with Crippen molar-refractivity contribution in [2.45, 2.75) is 18.9 Å². The number of hydrogen-bond acceptors (Lipinski definition) is 4. The largest absolute Gasteiger partial charge is 0.496 e. The number of hydrogen-bond donors (Lipinski definition) is 1. The molecule has 0 amide bonds. The van der Waals surface area contributed by atoms with Crippen LogP contribution in [0, 0.1) is 0 Å². The maximum absolute atomic E-state index is 5.62. The molecule has 4 heteroatoms. The summed E-state index contributed by atoms with van der Waals surface area (Å²) >= 11 is 1.61. The summed E-state index contributed by atoms with van der Waals surface area (Å²) < 4.78 is 5.62. The Morgan fingerprint density at radius 2 is 2.57 bits per heavy atom. The van der Waals surface area contributed by atoms with Crippen LogP contribution in [0.5, 0.6) is 0 Å². The van der Waals surface area contributed by atoms with Gasteiger partial charge < -0.3 is 10.1 Å². The highest BCUT2D eigenvalue weighted by molar-refractivity contribution is 7.07. The Bertz CT molecular complexity index is 308. The van der Waals surface area contributed by atoms with Crippen molar-refractivity contribution in [2.24, 2.45) is 0 Å². The van der Waals surface area contributed by atoms with Crippen LogP contribution in [0.25, 0.3) is 0 Å². The molecule has 1 aliphatic heterocycles. The van der Waals surface area contributed by atoms with Gasteiger partial charge in [-0.3, -0.25) is 0 Å². The first-order chi connectivity index (χ1) is 6.92. The van der Waals surface area contributed by atoms with E-state index in [-0.39, 0.29) is 6.04 Å². The number of nitrogens with one attached hydrogen (secondary N) is 1. The molecule has 1 unspecified atom stereocenters. The minimum absolute atomic E-state index is 0.126. The molecule has 1 aromatic heterocycles. The molecule has 2 heterocycles. The van der Waals surface area contributed by atoms with Gasteiger partial charge >= 0.3 is 0 Å². The number of thiazole rings is 1. The quantitative estimate of drug-likeness (QED) is 0.829. The third-order valence-corrected chi connectivity index (χ3v) is 2.89. The molecule has 3 nitrogen and oxygen atoms in total. The highest BCUT2D eigenvalue weighted by Crippen LogP contribution is 2.25. The van der Waals surface area contributed by atoms with Gasteiger partial charge in [-0.2, -0.15) is 0 Å². The SMILES string of the molecule is CNC(C1=CCCCO1)c1cscn1. The molecule has 0 fully saturated rings. The monoisotopic (exact) mass is 210 g/mol. The molecule has 1 aliphatic rings. The smallest absolute Gasteiger partial charge is 0.115 e. The topological polar surface area (TPSA) is 34.1 Å². The third-order valence-electron chi connectivity index (χ3n) is 2.28. The Kier molecular flexibility index (Phi) is 3.16. The summed E-state index contributed by atoms with van der Waals surface area (Å²) in [5.41, 5.74) is 2.90. The van der Waals surface area contributed by atoms with Gasteiger partial charge in [0.25, 0.3) is 0 Å². The zero-order valence-corrected chi connectivity index (χ0v) is 9.01. The van der Waals surface area contributed by atoms with Gasteiger partial charge in [0.05, 0.1) is 17.8 Å². The molecular formula is C10H14N2OS. The number of ether oxygens (including phenoxy) is 1. The number of aromatic nitrogens is 1. The predicted octanol–water partition coefficient (Wildman–Crippen LogP) is 2.10. The molecule has 0 spiro atoms. The van der Waals surface area contributed by atoms with E-state index in [0.717, 1.165) is 30.9 Å². The van der Waals surface area contributed by atoms with Crippen molar-refractivity contribution in [2.75, 3.05) is 13.7 Å². The number of rotatable bonds is 3. The Labute approximate surface area is 87.8 Å². The molecule has 0 saturated carbocycles. The van der Waals surface area contributed by atoms with Crippen LogP contribution < -0.4 is 5.32 Å². The van der Waals surface area contributed by atoms with Gasteiger partial charge in [-0.05, 0) is 26.0 Å². The highest BCUT2D eigenvalue weighted by atomic mass is 32.1. The molecule has 2 rings (SSSR count). The Morgan fingerprint density at radius 3 is 3.14 bits per heavy atom. The Hall–Kier alpha value is -0.870. The van der Waals surface area contributed by atoms with Crippen LogP contribution >= 0.6 is 11.3 Å². The van der Waals surface area contributed by atoms with Crippen molar-refractivity contribution in [1.29, 1.82) is 0 Å². The summed E-state index contributed by atoms with van der Waals surface area (Å²) in [6.45, 7) is 0.828. The average molecular weight is 210 g/mol. The van der Waals surface area contributed by atoms with Crippen LogP contribution in [0.4, 0.5) is 0 Å².